The second kappa shape index (κ2) is 15.8. The van der Waals surface area contributed by atoms with Crippen LogP contribution in [0.2, 0.25) is 0 Å². The van der Waals surface area contributed by atoms with Gasteiger partial charge in [-0.2, -0.15) is 0 Å². The number of carbonyl (C=O) groups excluding carboxylic acids is 1. The minimum atomic E-state index is -0.337. The largest absolute Gasteiger partial charge is 0.512 e. The molecule has 267 valence electrons. The number of aliphatic hydroxyl groups excluding tert-OH is 1. The fraction of sp³-hybridized carbons (Fsp3) is 0.500. The smallest absolute Gasteiger partial charge is 0.164 e. The van der Waals surface area contributed by atoms with Crippen LogP contribution < -0.4 is 0 Å². The molecule has 0 bridgehead atoms. The predicted octanol–water partition coefficient (Wildman–Crippen LogP) is 13.1. The summed E-state index contributed by atoms with van der Waals surface area (Å²) in [6.45, 7) is 25.6. The van der Waals surface area contributed by atoms with Gasteiger partial charge in [-0.3, -0.25) is 9.78 Å². The number of carbonyl (C=O) groups is 1. The van der Waals surface area contributed by atoms with Crippen LogP contribution in [0.5, 0.6) is 0 Å². The second-order valence-corrected chi connectivity index (χ2v) is 17.6. The maximum Gasteiger partial charge on any atom is 0.164 e. The van der Waals surface area contributed by atoms with Gasteiger partial charge in [-0.05, 0) is 82.7 Å². The topological polar surface area (TPSA) is 50.2 Å². The monoisotopic (exact) mass is 859 g/mol. The first-order valence-electron chi connectivity index (χ1n) is 18.7. The van der Waals surface area contributed by atoms with E-state index >= 15 is 0 Å². The summed E-state index contributed by atoms with van der Waals surface area (Å²) in [7, 11) is 0. The molecule has 1 aliphatic heterocycles. The van der Waals surface area contributed by atoms with Crippen molar-refractivity contribution in [3.05, 3.63) is 77.6 Å². The Bertz CT molecular complexity index is 1930. The van der Waals surface area contributed by atoms with Gasteiger partial charge in [0.05, 0.1) is 2.74 Å². The number of nitrogens with zero attached hydrogens (tertiary/aromatic N) is 1. The van der Waals surface area contributed by atoms with E-state index in [4.69, 9.17) is 2.74 Å². The first-order chi connectivity index (χ1) is 23.2. The van der Waals surface area contributed by atoms with Gasteiger partial charge in [0, 0.05) is 53.8 Å². The number of hydrogen-bond donors (Lipinski definition) is 1. The first kappa shape index (κ1) is 37.8. The standard InChI is InChI=1S/C29H30NS.C15H28O2.Ir/c1-28(2,3)16-18-13-20-11-12-30-26-22-15-19-9-7-8-10-21(19)23(17-29(4,5)6)27(22)31-24(14-18)25(20)26;1-7-14(5,8-2)12(16)11-13(17)15(6,9-3)10-4;/h7-14H,16-17H2,1-6H3;11,16H,7-10H2,1-6H3;/q-1;;/b;12-11-;/i11D,12D;;. The summed E-state index contributed by atoms with van der Waals surface area (Å²) in [5, 5.41) is 14.3. The van der Waals surface area contributed by atoms with Crippen LogP contribution in [0.1, 0.15) is 123 Å². The molecule has 3 aromatic carbocycles. The normalized spacial score (nSPS) is 14.0. The van der Waals surface area contributed by atoms with Crippen molar-refractivity contribution in [2.24, 2.45) is 21.7 Å². The van der Waals surface area contributed by atoms with Gasteiger partial charge in [0.2, 0.25) is 0 Å². The van der Waals surface area contributed by atoms with Gasteiger partial charge in [0.25, 0.3) is 0 Å². The zero-order valence-electron chi connectivity index (χ0n) is 33.8. The van der Waals surface area contributed by atoms with E-state index in [2.05, 4.69) is 89.0 Å². The van der Waals surface area contributed by atoms with Crippen LogP contribution in [0.3, 0.4) is 0 Å². The van der Waals surface area contributed by atoms with E-state index < -0.39 is 0 Å². The third kappa shape index (κ3) is 9.26. The third-order valence-corrected chi connectivity index (χ3v) is 11.5. The molecule has 0 fully saturated rings. The molecule has 5 heteroatoms. The second-order valence-electron chi connectivity index (χ2n) is 16.6. The molecular formula is C44H58IrNO2S-. The van der Waals surface area contributed by atoms with E-state index in [0.717, 1.165) is 70.8 Å². The molecule has 0 spiro atoms. The number of benzene rings is 3. The van der Waals surface area contributed by atoms with Crippen molar-refractivity contribution in [1.82, 2.24) is 4.98 Å². The maximum absolute atomic E-state index is 12.2. The summed E-state index contributed by atoms with van der Waals surface area (Å²) in [5.41, 5.74) is 4.00. The van der Waals surface area contributed by atoms with E-state index in [9.17, 15) is 9.90 Å². The SMILES string of the molecule is CCC(C)(CC)C(=O)/C=C(\O)C(C)(CC)CC.[2H]c1nc2c3c(cc(CC(C)(C)C)cc3c1[2H])Sc1c-2[c-]c2ccccc2c1CC(C)(C)C.[Ir]. The Balaban J connectivity index is 0.000000335. The Morgan fingerprint density at radius 2 is 1.49 bits per heavy atom. The Kier molecular flexibility index (Phi) is 12.2. The average Bonchev–Trinajstić information content (AvgIpc) is 3.05. The van der Waals surface area contributed by atoms with Gasteiger partial charge >= 0.3 is 0 Å². The van der Waals surface area contributed by atoms with Crippen LogP contribution in [-0.2, 0) is 37.7 Å². The summed E-state index contributed by atoms with van der Waals surface area (Å²) >= 11 is 1.80. The molecule has 0 aliphatic carbocycles. The predicted molar refractivity (Wildman–Crippen MR) is 207 cm³/mol. The molecule has 0 amide bonds. The zero-order valence-corrected chi connectivity index (χ0v) is 35.0. The van der Waals surface area contributed by atoms with Gasteiger partial charge in [-0.15, -0.1) is 29.3 Å². The Hall–Kier alpha value is -2.46. The Morgan fingerprint density at radius 1 is 0.898 bits per heavy atom. The molecule has 5 rings (SSSR count). The van der Waals surface area contributed by atoms with Crippen LogP contribution >= 0.6 is 11.8 Å². The molecule has 2 heterocycles. The number of rotatable bonds is 9. The third-order valence-electron chi connectivity index (χ3n) is 10.3. The summed E-state index contributed by atoms with van der Waals surface area (Å²) in [4.78, 5) is 19.2. The number of fused-ring (bicyclic) bond motifs is 3. The van der Waals surface area contributed by atoms with Gasteiger partial charge in [-0.25, -0.2) is 0 Å². The molecule has 1 N–H and O–H groups in total. The number of hydrogen-bond acceptors (Lipinski definition) is 4. The summed E-state index contributed by atoms with van der Waals surface area (Å²) in [5.74, 6) is 0.286. The molecule has 49 heavy (non-hydrogen) atoms. The van der Waals surface area contributed by atoms with Crippen LogP contribution in [0.25, 0.3) is 32.8 Å². The quantitative estimate of drug-likeness (QED) is 0.0911. The van der Waals surface area contributed by atoms with Crippen LogP contribution in [0.4, 0.5) is 0 Å². The number of pyridine rings is 1. The molecule has 1 aromatic heterocycles. The van der Waals surface area contributed by atoms with Gasteiger partial charge in [-0.1, -0.05) is 124 Å². The molecule has 0 atom stereocenters. The van der Waals surface area contributed by atoms with E-state index in [0.29, 0.717) is 0 Å². The average molecular weight is 859 g/mol. The minimum Gasteiger partial charge on any atom is -0.512 e. The zero-order chi connectivity index (χ0) is 37.4. The molecule has 0 saturated heterocycles. The van der Waals surface area contributed by atoms with E-state index in [-0.39, 0.29) is 65.5 Å². The van der Waals surface area contributed by atoms with E-state index in [1.165, 1.54) is 27.5 Å². The van der Waals surface area contributed by atoms with Crippen molar-refractivity contribution >= 4 is 39.1 Å². The van der Waals surface area contributed by atoms with Crippen LogP contribution in [0, 0.1) is 27.7 Å². The van der Waals surface area contributed by atoms with Gasteiger partial charge in [0.1, 0.15) is 5.76 Å². The first-order valence-corrected chi connectivity index (χ1v) is 18.6. The molecule has 1 aliphatic rings. The fourth-order valence-electron chi connectivity index (χ4n) is 6.29. The van der Waals surface area contributed by atoms with Crippen molar-refractivity contribution in [3.63, 3.8) is 0 Å². The summed E-state index contributed by atoms with van der Waals surface area (Å²) in [6, 6.07) is 16.7. The number of ketones is 1. The van der Waals surface area contributed by atoms with Crippen molar-refractivity contribution in [3.8, 4) is 11.3 Å². The molecule has 0 unspecified atom stereocenters. The summed E-state index contributed by atoms with van der Waals surface area (Å²) < 4.78 is 17.1. The molecule has 1 radical (unpaired) electrons. The maximum atomic E-state index is 12.2. The van der Waals surface area contributed by atoms with Crippen LogP contribution in [0.15, 0.2) is 70.2 Å². The fourth-order valence-corrected chi connectivity index (χ4v) is 7.58. The Labute approximate surface area is 317 Å². The number of aromatic nitrogens is 1. The number of allylic oxidation sites excluding steroid dienone is 2. The van der Waals surface area contributed by atoms with Crippen molar-refractivity contribution in [1.29, 1.82) is 0 Å². The molecule has 0 saturated carbocycles. The van der Waals surface area contributed by atoms with Crippen molar-refractivity contribution in [2.45, 2.75) is 131 Å². The van der Waals surface area contributed by atoms with Crippen LogP contribution in [-0.4, -0.2) is 15.9 Å². The van der Waals surface area contributed by atoms with Crippen molar-refractivity contribution in [2.75, 3.05) is 0 Å². The molecule has 4 aromatic rings. The molecular weight excluding hydrogens is 799 g/mol. The molecule has 3 nitrogen and oxygen atoms in total. The summed E-state index contributed by atoms with van der Waals surface area (Å²) in [6.07, 6.45) is 6.66. The number of aliphatic hydroxyl groups is 1. The van der Waals surface area contributed by atoms with E-state index in [1.54, 1.807) is 11.8 Å². The van der Waals surface area contributed by atoms with E-state index in [1.807, 2.05) is 41.5 Å². The Morgan fingerprint density at radius 3 is 2.06 bits per heavy atom. The van der Waals surface area contributed by atoms with Gasteiger partial charge < -0.3 is 5.11 Å². The minimum absolute atomic E-state index is 0. The van der Waals surface area contributed by atoms with Crippen molar-refractivity contribution < 1.29 is 32.7 Å². The van der Waals surface area contributed by atoms with Gasteiger partial charge in [0.15, 0.2) is 5.78 Å².